The number of benzene rings is 2. The number of amides is 2. The van der Waals surface area contributed by atoms with Crippen LogP contribution in [0.2, 0.25) is 0 Å². The Morgan fingerprint density at radius 1 is 0.902 bits per heavy atom. The lowest BCUT2D eigenvalue weighted by Crippen LogP contribution is -2.44. The Balaban J connectivity index is 0.791. The molecule has 4 saturated heterocycles. The summed E-state index contributed by atoms with van der Waals surface area (Å²) in [6.45, 7) is 8.41. The lowest BCUT2D eigenvalue weighted by atomic mass is 9.94. The van der Waals surface area contributed by atoms with Crippen LogP contribution in [0.3, 0.4) is 0 Å². The minimum atomic E-state index is -0.690. The molecule has 4 fully saturated rings. The van der Waals surface area contributed by atoms with Crippen molar-refractivity contribution in [2.24, 2.45) is 5.92 Å². The number of aromatic nitrogens is 5. The number of carbonyl (C=O) groups is 2. The molecule has 15 nitrogen and oxygen atoms in total. The van der Waals surface area contributed by atoms with Gasteiger partial charge in [-0.1, -0.05) is 0 Å². The molecule has 9 rings (SSSR count). The van der Waals surface area contributed by atoms with Gasteiger partial charge in [-0.15, -0.1) is 0 Å². The summed E-state index contributed by atoms with van der Waals surface area (Å²) in [7, 11) is 0. The maximum Gasteiger partial charge on any atom is 0.274 e. The third-order valence-corrected chi connectivity index (χ3v) is 12.9. The first-order valence-corrected chi connectivity index (χ1v) is 21.5. The molecule has 3 aromatic heterocycles. The van der Waals surface area contributed by atoms with Crippen LogP contribution in [0, 0.1) is 18.7 Å². The minimum Gasteiger partial charge on any atom is -0.371 e. The van der Waals surface area contributed by atoms with E-state index in [1.807, 2.05) is 17.5 Å². The van der Waals surface area contributed by atoms with Crippen LogP contribution in [-0.4, -0.2) is 105 Å². The first kappa shape index (κ1) is 40.1. The van der Waals surface area contributed by atoms with E-state index in [0.717, 1.165) is 118 Å². The number of nitrogens with zero attached hydrogens (tertiary/aromatic N) is 8. The van der Waals surface area contributed by atoms with E-state index in [1.54, 1.807) is 30.2 Å². The number of hydrogen-bond acceptors (Lipinski definition) is 11. The van der Waals surface area contributed by atoms with Gasteiger partial charge < -0.3 is 30.7 Å². The van der Waals surface area contributed by atoms with E-state index >= 15 is 4.39 Å². The Hall–Kier alpha value is -6.34. The van der Waals surface area contributed by atoms with Crippen LogP contribution in [0.1, 0.15) is 90.4 Å². The highest BCUT2D eigenvalue weighted by Gasteiger charge is 2.29. The van der Waals surface area contributed by atoms with Crippen molar-refractivity contribution in [2.45, 2.75) is 76.8 Å². The van der Waals surface area contributed by atoms with E-state index in [-0.39, 0.29) is 28.9 Å². The molecule has 4 aliphatic rings. The van der Waals surface area contributed by atoms with Gasteiger partial charge in [0.1, 0.15) is 34.8 Å². The smallest absolute Gasteiger partial charge is 0.274 e. The fraction of sp³-hybridized carbons (Fsp3) is 0.444. The summed E-state index contributed by atoms with van der Waals surface area (Å²) in [6, 6.07) is 10.3. The van der Waals surface area contributed by atoms with Crippen LogP contribution < -0.4 is 25.8 Å². The van der Waals surface area contributed by atoms with Crippen LogP contribution in [0.25, 0.3) is 16.7 Å². The van der Waals surface area contributed by atoms with E-state index in [4.69, 9.17) is 5.10 Å². The van der Waals surface area contributed by atoms with Gasteiger partial charge in [-0.05, 0) is 101 Å². The average molecular weight is 828 g/mol. The van der Waals surface area contributed by atoms with Crippen molar-refractivity contribution in [3.05, 3.63) is 89.2 Å². The summed E-state index contributed by atoms with van der Waals surface area (Å²) in [6.07, 6.45) is 13.7. The van der Waals surface area contributed by atoms with E-state index in [0.29, 0.717) is 30.2 Å². The number of nitrogens with one attached hydrogen (secondary N) is 3. The molecule has 316 valence electrons. The zero-order valence-corrected chi connectivity index (χ0v) is 34.3. The van der Waals surface area contributed by atoms with Crippen LogP contribution in [0.5, 0.6) is 0 Å². The van der Waals surface area contributed by atoms with Crippen molar-refractivity contribution >= 4 is 57.4 Å². The van der Waals surface area contributed by atoms with Crippen LogP contribution >= 0.6 is 0 Å². The highest BCUT2D eigenvalue weighted by atomic mass is 19.1. The number of aryl methyl sites for hydroxylation is 1. The molecule has 5 aromatic rings. The third kappa shape index (κ3) is 8.52. The molecular weight excluding hydrogens is 778 g/mol. The first-order valence-electron chi connectivity index (χ1n) is 21.5. The molecular formula is C45H50FN11O4. The van der Waals surface area contributed by atoms with Crippen molar-refractivity contribution in [3.63, 3.8) is 0 Å². The molecule has 0 radical (unpaired) electrons. The molecule has 16 heteroatoms. The molecule has 61 heavy (non-hydrogen) atoms. The number of carbonyl (C=O) groups excluding carboxylic acids is 4. The lowest BCUT2D eigenvalue weighted by Gasteiger charge is -2.38. The van der Waals surface area contributed by atoms with E-state index in [2.05, 4.69) is 63.6 Å². The van der Waals surface area contributed by atoms with Crippen molar-refractivity contribution in [2.75, 3.05) is 60.9 Å². The molecule has 3 N–H and O–H groups in total. The number of halogens is 1. The molecule has 1 atom stereocenters. The normalized spacial score (nSPS) is 19.5. The van der Waals surface area contributed by atoms with E-state index in [1.165, 1.54) is 18.6 Å². The SMILES string of the molecule is Cc1cc(C(=O)Nc2cc3cn(C4CCN(CC5CCN(c6ccc(C(=O)N[C@H]7CCC(=C=O)NC7=C=O)c(F)c6)CC5)CC4)nc3cc2N2CCCCC2)nc2nccn12. The lowest BCUT2D eigenvalue weighted by molar-refractivity contribution is 0.0934. The van der Waals surface area contributed by atoms with Gasteiger partial charge in [-0.25, -0.2) is 23.9 Å². The van der Waals surface area contributed by atoms with Gasteiger partial charge >= 0.3 is 0 Å². The topological polar surface area (TPSA) is 162 Å². The quantitative estimate of drug-likeness (QED) is 0.167. The summed E-state index contributed by atoms with van der Waals surface area (Å²) < 4.78 is 19.3. The molecule has 0 saturated carbocycles. The first-order chi connectivity index (χ1) is 29.7. The summed E-state index contributed by atoms with van der Waals surface area (Å²) in [5.41, 5.74) is 4.80. The highest BCUT2D eigenvalue weighted by Crippen LogP contribution is 2.35. The zero-order valence-electron chi connectivity index (χ0n) is 34.3. The summed E-state index contributed by atoms with van der Waals surface area (Å²) >= 11 is 0. The minimum absolute atomic E-state index is 0.0314. The van der Waals surface area contributed by atoms with Gasteiger partial charge in [0.05, 0.1) is 34.5 Å². The van der Waals surface area contributed by atoms with Crippen molar-refractivity contribution in [3.8, 4) is 0 Å². The van der Waals surface area contributed by atoms with Gasteiger partial charge in [-0.2, -0.15) is 5.10 Å². The highest BCUT2D eigenvalue weighted by molar-refractivity contribution is 6.06. The third-order valence-electron chi connectivity index (χ3n) is 12.9. The second-order valence-corrected chi connectivity index (χ2v) is 16.8. The number of likely N-dealkylation sites (tertiary alicyclic amines) is 1. The standard InChI is InChI=1S/C45H50FN11O4/c1-29-21-40(51-45-47-13-20-56(29)45)44(61)50-39-22-31-26-57(52-38(31)24-42(39)55-14-3-2-4-15-55)33-11-16-53(17-12-33)25-30-9-18-54(19-10-30)34-6-7-35(36(46)23-34)43(60)49-37-8-5-32(27-58)48-41(37)28-59/h6-7,13,20-24,26,30,33,37,48H,2-5,8-12,14-19,25H2,1H3,(H,49,60)(H,50,61)/t37-/m0/s1. The molecule has 4 aliphatic heterocycles. The molecule has 0 aliphatic carbocycles. The predicted octanol–water partition coefficient (Wildman–Crippen LogP) is 5.24. The number of rotatable bonds is 9. The number of piperidine rings is 4. The van der Waals surface area contributed by atoms with Crippen molar-refractivity contribution in [1.29, 1.82) is 0 Å². The number of fused-ring (bicyclic) bond motifs is 2. The van der Waals surface area contributed by atoms with E-state index in [9.17, 15) is 19.2 Å². The van der Waals surface area contributed by atoms with E-state index < -0.39 is 17.8 Å². The fourth-order valence-electron chi connectivity index (χ4n) is 9.42. The maximum absolute atomic E-state index is 15.3. The molecule has 0 spiro atoms. The molecule has 2 aromatic carbocycles. The Kier molecular flexibility index (Phi) is 11.4. The summed E-state index contributed by atoms with van der Waals surface area (Å²) in [5, 5.41) is 14.6. The summed E-state index contributed by atoms with van der Waals surface area (Å²) in [5.74, 6) is 2.98. The zero-order chi connectivity index (χ0) is 42.0. The van der Waals surface area contributed by atoms with Gasteiger partial charge in [-0.3, -0.25) is 18.7 Å². The number of anilines is 3. The van der Waals surface area contributed by atoms with Crippen molar-refractivity contribution < 1.29 is 23.6 Å². The Labute approximate surface area is 352 Å². The maximum atomic E-state index is 15.3. The Morgan fingerprint density at radius 3 is 2.46 bits per heavy atom. The number of hydrogen-bond donors (Lipinski definition) is 3. The second kappa shape index (κ2) is 17.3. The average Bonchev–Trinajstić information content (AvgIpc) is 3.95. The molecule has 0 bridgehead atoms. The number of allylic oxidation sites excluding steroid dienone is 1. The van der Waals surface area contributed by atoms with Gasteiger partial charge in [0, 0.05) is 87.6 Å². The van der Waals surface area contributed by atoms with Crippen LogP contribution in [0.15, 0.2) is 66.4 Å². The Bertz CT molecular complexity index is 2570. The molecule has 7 heterocycles. The Morgan fingerprint density at radius 2 is 1.70 bits per heavy atom. The van der Waals surface area contributed by atoms with Gasteiger partial charge in [0.25, 0.3) is 11.8 Å². The van der Waals surface area contributed by atoms with Crippen LogP contribution in [0.4, 0.5) is 21.5 Å². The predicted molar refractivity (Wildman–Crippen MR) is 230 cm³/mol. The second-order valence-electron chi connectivity index (χ2n) is 16.8. The van der Waals surface area contributed by atoms with Gasteiger partial charge in [0.15, 0.2) is 0 Å². The van der Waals surface area contributed by atoms with Crippen LogP contribution in [-0.2, 0) is 9.59 Å². The van der Waals surface area contributed by atoms with Crippen molar-refractivity contribution in [1.82, 2.24) is 39.7 Å². The monoisotopic (exact) mass is 827 g/mol. The molecule has 0 unspecified atom stereocenters. The summed E-state index contributed by atoms with van der Waals surface area (Å²) in [4.78, 5) is 64.8. The number of imidazole rings is 1. The molecule has 2 amide bonds. The fourth-order valence-corrected chi connectivity index (χ4v) is 9.42. The largest absolute Gasteiger partial charge is 0.371 e. The van der Waals surface area contributed by atoms with Gasteiger partial charge in [0.2, 0.25) is 5.78 Å².